The number of anilines is 1. The average molecular weight is 603 g/mol. The van der Waals surface area contributed by atoms with E-state index in [1.165, 1.54) is 35.2 Å². The Hall–Kier alpha value is -3.07. The van der Waals surface area contributed by atoms with E-state index in [0.717, 1.165) is 41.1 Å². The minimum Gasteiger partial charge on any atom is -0.352 e. The highest BCUT2D eigenvalue weighted by molar-refractivity contribution is 7.92. The van der Waals surface area contributed by atoms with Gasteiger partial charge in [-0.1, -0.05) is 84.1 Å². The van der Waals surface area contributed by atoms with Crippen LogP contribution in [0.3, 0.4) is 0 Å². The van der Waals surface area contributed by atoms with Crippen LogP contribution in [0.5, 0.6) is 0 Å². The molecule has 2 amide bonds. The fourth-order valence-corrected chi connectivity index (χ4v) is 6.91. The molecule has 3 aromatic rings. The summed E-state index contributed by atoms with van der Waals surface area (Å²) in [4.78, 5) is 28.8. The SMILES string of the molecule is Cc1cccc(CN(C(=O)CN(c2ccc(Cl)cc2Cl)S(=O)(=O)c2ccccc2)C(C)C(=O)NC2CCCC2)c1. The van der Waals surface area contributed by atoms with E-state index in [4.69, 9.17) is 23.2 Å². The van der Waals surface area contributed by atoms with Crippen molar-refractivity contribution in [3.63, 3.8) is 0 Å². The standard InChI is InChI=1S/C30H33Cl2N3O4S/c1-21-9-8-10-23(17-21)19-34(22(2)30(37)33-25-11-6-7-12-25)29(36)20-35(28-16-15-24(31)18-27(28)32)40(38,39)26-13-4-3-5-14-26/h3-5,8-10,13-18,22,25H,6-7,11-12,19-20H2,1-2H3,(H,33,37). The molecule has 7 nitrogen and oxygen atoms in total. The van der Waals surface area contributed by atoms with Gasteiger partial charge in [-0.3, -0.25) is 13.9 Å². The highest BCUT2D eigenvalue weighted by atomic mass is 35.5. The van der Waals surface area contributed by atoms with Gasteiger partial charge in [0.05, 0.1) is 15.6 Å². The minimum atomic E-state index is -4.20. The minimum absolute atomic E-state index is 0.00563. The third-order valence-corrected chi connectivity index (χ3v) is 9.40. The first-order valence-electron chi connectivity index (χ1n) is 13.2. The number of hydrogen-bond donors (Lipinski definition) is 1. The van der Waals surface area contributed by atoms with Crippen molar-refractivity contribution >= 4 is 50.7 Å². The van der Waals surface area contributed by atoms with Gasteiger partial charge in [0.2, 0.25) is 11.8 Å². The molecule has 1 N–H and O–H groups in total. The molecule has 0 spiro atoms. The number of aryl methyl sites for hydroxylation is 1. The fraction of sp³-hybridized carbons (Fsp3) is 0.333. The van der Waals surface area contributed by atoms with Crippen molar-refractivity contribution in [1.82, 2.24) is 10.2 Å². The molecule has 0 heterocycles. The van der Waals surface area contributed by atoms with Crippen LogP contribution in [0.4, 0.5) is 5.69 Å². The summed E-state index contributed by atoms with van der Waals surface area (Å²) >= 11 is 12.5. The monoisotopic (exact) mass is 601 g/mol. The number of rotatable bonds is 10. The van der Waals surface area contributed by atoms with Crippen LogP contribution < -0.4 is 9.62 Å². The van der Waals surface area contributed by atoms with E-state index in [1.807, 2.05) is 31.2 Å². The third-order valence-electron chi connectivity index (χ3n) is 7.09. The molecule has 3 aromatic carbocycles. The summed E-state index contributed by atoms with van der Waals surface area (Å²) in [6.07, 6.45) is 3.92. The summed E-state index contributed by atoms with van der Waals surface area (Å²) in [5.41, 5.74) is 1.95. The molecule has 0 radical (unpaired) electrons. The van der Waals surface area contributed by atoms with E-state index in [0.29, 0.717) is 5.02 Å². The maximum absolute atomic E-state index is 14.0. The lowest BCUT2D eigenvalue weighted by Crippen LogP contribution is -2.52. The van der Waals surface area contributed by atoms with Crippen LogP contribution in [0.2, 0.25) is 10.0 Å². The Morgan fingerprint density at radius 1 is 0.975 bits per heavy atom. The molecule has 212 valence electrons. The number of nitrogens with zero attached hydrogens (tertiary/aromatic N) is 2. The molecule has 1 unspecified atom stereocenters. The molecule has 4 rings (SSSR count). The zero-order valence-corrected chi connectivity index (χ0v) is 24.8. The summed E-state index contributed by atoms with van der Waals surface area (Å²) in [7, 11) is -4.20. The maximum Gasteiger partial charge on any atom is 0.264 e. The summed E-state index contributed by atoms with van der Waals surface area (Å²) in [6, 6.07) is 19.1. The van der Waals surface area contributed by atoms with Crippen molar-refractivity contribution in [3.8, 4) is 0 Å². The molecular weight excluding hydrogens is 569 g/mol. The molecule has 1 fully saturated rings. The number of hydrogen-bond acceptors (Lipinski definition) is 4. The first kappa shape index (κ1) is 29.9. The Morgan fingerprint density at radius 3 is 2.33 bits per heavy atom. The predicted molar refractivity (Wildman–Crippen MR) is 159 cm³/mol. The van der Waals surface area contributed by atoms with Gasteiger partial charge >= 0.3 is 0 Å². The van der Waals surface area contributed by atoms with E-state index < -0.39 is 28.5 Å². The van der Waals surface area contributed by atoms with Crippen LogP contribution in [0.15, 0.2) is 77.7 Å². The first-order chi connectivity index (χ1) is 19.1. The van der Waals surface area contributed by atoms with Crippen molar-refractivity contribution in [2.75, 3.05) is 10.8 Å². The van der Waals surface area contributed by atoms with Crippen molar-refractivity contribution in [3.05, 3.63) is 94.0 Å². The summed E-state index contributed by atoms with van der Waals surface area (Å²) < 4.78 is 28.7. The Morgan fingerprint density at radius 2 is 1.68 bits per heavy atom. The summed E-state index contributed by atoms with van der Waals surface area (Å²) in [5.74, 6) is -0.809. The van der Waals surface area contributed by atoms with Crippen molar-refractivity contribution < 1.29 is 18.0 Å². The van der Waals surface area contributed by atoms with E-state index in [1.54, 1.807) is 25.1 Å². The Balaban J connectivity index is 1.70. The molecule has 1 aliphatic carbocycles. The van der Waals surface area contributed by atoms with Crippen LogP contribution in [-0.4, -0.2) is 43.8 Å². The molecular formula is C30H33Cl2N3O4S. The van der Waals surface area contributed by atoms with Gasteiger partial charge in [0.1, 0.15) is 12.6 Å². The first-order valence-corrected chi connectivity index (χ1v) is 15.4. The van der Waals surface area contributed by atoms with Gasteiger partial charge in [-0.2, -0.15) is 0 Å². The smallest absolute Gasteiger partial charge is 0.264 e. The molecule has 0 aromatic heterocycles. The number of amides is 2. The lowest BCUT2D eigenvalue weighted by molar-refractivity contribution is -0.139. The fourth-order valence-electron chi connectivity index (χ4n) is 4.90. The van der Waals surface area contributed by atoms with Crippen molar-refractivity contribution in [2.24, 2.45) is 0 Å². The van der Waals surface area contributed by atoms with Crippen LogP contribution >= 0.6 is 23.2 Å². The van der Waals surface area contributed by atoms with Crippen LogP contribution in [0.25, 0.3) is 0 Å². The number of halogens is 2. The second-order valence-corrected chi connectivity index (χ2v) is 12.8. The van der Waals surface area contributed by atoms with E-state index in [-0.39, 0.29) is 34.1 Å². The van der Waals surface area contributed by atoms with Gasteiger partial charge < -0.3 is 10.2 Å². The number of nitrogens with one attached hydrogen (secondary N) is 1. The summed E-state index contributed by atoms with van der Waals surface area (Å²) in [6.45, 7) is 3.19. The summed E-state index contributed by atoms with van der Waals surface area (Å²) in [5, 5.41) is 3.48. The number of sulfonamides is 1. The van der Waals surface area contributed by atoms with E-state index in [9.17, 15) is 18.0 Å². The highest BCUT2D eigenvalue weighted by Gasteiger charge is 2.34. The Bertz CT molecular complexity index is 1460. The van der Waals surface area contributed by atoms with Gasteiger partial charge in [-0.05, 0) is 62.6 Å². The largest absolute Gasteiger partial charge is 0.352 e. The Labute approximate surface area is 246 Å². The topological polar surface area (TPSA) is 86.8 Å². The van der Waals surface area contributed by atoms with Gasteiger partial charge in [-0.15, -0.1) is 0 Å². The lowest BCUT2D eigenvalue weighted by atomic mass is 10.1. The lowest BCUT2D eigenvalue weighted by Gasteiger charge is -2.32. The molecule has 0 bridgehead atoms. The van der Waals surface area contributed by atoms with Gasteiger partial charge in [0.25, 0.3) is 10.0 Å². The Kier molecular flexibility index (Phi) is 9.77. The molecule has 0 saturated heterocycles. The van der Waals surface area contributed by atoms with Gasteiger partial charge in [-0.25, -0.2) is 8.42 Å². The number of carbonyl (C=O) groups excluding carboxylic acids is 2. The van der Waals surface area contributed by atoms with Crippen molar-refractivity contribution in [2.45, 2.75) is 63.1 Å². The van der Waals surface area contributed by atoms with Crippen LogP contribution in [0, 0.1) is 6.92 Å². The van der Waals surface area contributed by atoms with Crippen LogP contribution in [0.1, 0.15) is 43.7 Å². The van der Waals surface area contributed by atoms with E-state index >= 15 is 0 Å². The molecule has 10 heteroatoms. The maximum atomic E-state index is 14.0. The molecule has 1 atom stereocenters. The number of carbonyl (C=O) groups is 2. The molecule has 1 saturated carbocycles. The molecule has 0 aliphatic heterocycles. The second kappa shape index (κ2) is 13.1. The van der Waals surface area contributed by atoms with Crippen LogP contribution in [-0.2, 0) is 26.2 Å². The van der Waals surface area contributed by atoms with Gasteiger partial charge in [0.15, 0.2) is 0 Å². The zero-order chi connectivity index (χ0) is 28.9. The predicted octanol–water partition coefficient (Wildman–Crippen LogP) is 5.97. The molecule has 1 aliphatic rings. The number of benzene rings is 3. The van der Waals surface area contributed by atoms with Crippen molar-refractivity contribution in [1.29, 1.82) is 0 Å². The van der Waals surface area contributed by atoms with Gasteiger partial charge in [0, 0.05) is 17.6 Å². The third kappa shape index (κ3) is 7.16. The average Bonchev–Trinajstić information content (AvgIpc) is 3.44. The second-order valence-electron chi connectivity index (χ2n) is 10.1. The highest BCUT2D eigenvalue weighted by Crippen LogP contribution is 2.33. The van der Waals surface area contributed by atoms with E-state index in [2.05, 4.69) is 5.32 Å². The quantitative estimate of drug-likeness (QED) is 0.310. The normalized spacial score (nSPS) is 14.5. The molecule has 40 heavy (non-hydrogen) atoms. The zero-order valence-electron chi connectivity index (χ0n) is 22.5.